The van der Waals surface area contributed by atoms with Gasteiger partial charge in [0.15, 0.2) is 17.2 Å². The van der Waals surface area contributed by atoms with Crippen LogP contribution in [0.2, 0.25) is 0 Å². The molecule has 4 fully saturated rings. The van der Waals surface area contributed by atoms with E-state index in [0.29, 0.717) is 17.8 Å². The van der Waals surface area contributed by atoms with Gasteiger partial charge in [-0.1, -0.05) is 12.8 Å². The van der Waals surface area contributed by atoms with Crippen LogP contribution in [0.4, 0.5) is 0 Å². The van der Waals surface area contributed by atoms with E-state index in [4.69, 9.17) is 4.74 Å². The largest absolute Gasteiger partial charge is 0.503 e. The molecule has 1 amide bonds. The second-order valence-electron chi connectivity index (χ2n) is 7.72. The van der Waals surface area contributed by atoms with Gasteiger partial charge in [0.05, 0.1) is 19.3 Å². The highest BCUT2D eigenvalue weighted by atomic mass is 16.5. The standard InChI is InChI=1S/C19H26N2O4/c1-25-14-8-9-20-16(18(14)23)19(24)21-15-12-6-7-13(17(15)22)11-5-3-2-4-10(11)12/h8-13,15,17,22-23H,2-7H2,1H3,(H,21,24)/t10-,11+,12+,13?,15-,17?/m1/s1. The number of hydrogen-bond donors (Lipinski definition) is 3. The second-order valence-corrected chi connectivity index (χ2v) is 7.72. The van der Waals surface area contributed by atoms with Gasteiger partial charge in [-0.15, -0.1) is 0 Å². The molecule has 0 spiro atoms. The number of amides is 1. The third-order valence-electron chi connectivity index (χ3n) is 6.70. The number of hydrogen-bond acceptors (Lipinski definition) is 5. The molecule has 4 saturated carbocycles. The summed E-state index contributed by atoms with van der Waals surface area (Å²) in [6, 6.07) is 1.26. The van der Waals surface area contributed by atoms with Gasteiger partial charge < -0.3 is 20.3 Å². The lowest BCUT2D eigenvalue weighted by Gasteiger charge is -2.57. The number of nitrogens with one attached hydrogen (secondary N) is 1. The van der Waals surface area contributed by atoms with Crippen molar-refractivity contribution in [1.29, 1.82) is 0 Å². The van der Waals surface area contributed by atoms with Crippen LogP contribution in [0, 0.1) is 23.7 Å². The molecule has 4 aliphatic carbocycles. The van der Waals surface area contributed by atoms with Gasteiger partial charge in [0.1, 0.15) is 0 Å². The first kappa shape index (κ1) is 16.6. The van der Waals surface area contributed by atoms with Crippen molar-refractivity contribution in [2.75, 3.05) is 7.11 Å². The molecule has 0 saturated heterocycles. The summed E-state index contributed by atoms with van der Waals surface area (Å²) in [6.07, 6.45) is 7.97. The third kappa shape index (κ3) is 2.67. The van der Waals surface area contributed by atoms with Crippen molar-refractivity contribution in [1.82, 2.24) is 10.3 Å². The highest BCUT2D eigenvalue weighted by Gasteiger charge is 2.54. The lowest BCUT2D eigenvalue weighted by atomic mass is 9.52. The SMILES string of the molecule is COc1ccnc(C(=O)N[C@H]2C(O)C3CC[C@H]2[C@@H]2CCCC[C@H]32)c1O. The first-order valence-electron chi connectivity index (χ1n) is 9.32. The molecule has 1 aromatic rings. The number of rotatable bonds is 3. The molecule has 0 aromatic carbocycles. The minimum atomic E-state index is -0.505. The van der Waals surface area contributed by atoms with Crippen LogP contribution < -0.4 is 10.1 Å². The predicted molar refractivity (Wildman–Crippen MR) is 91.4 cm³/mol. The summed E-state index contributed by atoms with van der Waals surface area (Å²) < 4.78 is 5.05. The molecule has 6 atom stereocenters. The molecule has 25 heavy (non-hydrogen) atoms. The topological polar surface area (TPSA) is 91.7 Å². The van der Waals surface area contributed by atoms with E-state index in [-0.39, 0.29) is 29.2 Å². The quantitative estimate of drug-likeness (QED) is 0.780. The fourth-order valence-electron chi connectivity index (χ4n) is 5.63. The monoisotopic (exact) mass is 346 g/mol. The molecule has 5 rings (SSSR count). The number of nitrogens with zero attached hydrogens (tertiary/aromatic N) is 1. The van der Waals surface area contributed by atoms with Gasteiger partial charge in [0, 0.05) is 12.3 Å². The molecular weight excluding hydrogens is 320 g/mol. The van der Waals surface area contributed by atoms with Crippen LogP contribution in [-0.2, 0) is 0 Å². The highest BCUT2D eigenvalue weighted by molar-refractivity contribution is 5.95. The summed E-state index contributed by atoms with van der Waals surface area (Å²) in [5.41, 5.74) is -0.0480. The minimum Gasteiger partial charge on any atom is -0.503 e. The van der Waals surface area contributed by atoms with E-state index in [9.17, 15) is 15.0 Å². The summed E-state index contributed by atoms with van der Waals surface area (Å²) in [4.78, 5) is 16.7. The van der Waals surface area contributed by atoms with Gasteiger partial charge >= 0.3 is 0 Å². The lowest BCUT2D eigenvalue weighted by Crippen LogP contribution is -2.63. The Hall–Kier alpha value is -1.82. The van der Waals surface area contributed by atoms with Crippen LogP contribution in [0.15, 0.2) is 12.3 Å². The number of aromatic hydroxyl groups is 1. The van der Waals surface area contributed by atoms with E-state index in [2.05, 4.69) is 10.3 Å². The van der Waals surface area contributed by atoms with Crippen molar-refractivity contribution < 1.29 is 19.7 Å². The van der Waals surface area contributed by atoms with Crippen LogP contribution in [-0.4, -0.2) is 40.4 Å². The molecule has 3 N–H and O–H groups in total. The highest BCUT2D eigenvalue weighted by Crippen LogP contribution is 2.54. The smallest absolute Gasteiger partial charge is 0.274 e. The van der Waals surface area contributed by atoms with Crippen molar-refractivity contribution in [2.45, 2.75) is 50.7 Å². The number of carbonyl (C=O) groups excluding carboxylic acids is 1. The number of aliphatic hydroxyl groups excluding tert-OH is 1. The molecule has 136 valence electrons. The summed E-state index contributed by atoms with van der Waals surface area (Å²) in [7, 11) is 1.43. The molecular formula is C19H26N2O4. The van der Waals surface area contributed by atoms with Gasteiger partial charge in [0.2, 0.25) is 0 Å². The molecule has 1 aromatic heterocycles. The van der Waals surface area contributed by atoms with Gasteiger partial charge in [-0.05, 0) is 49.4 Å². The Bertz CT molecular complexity index is 661. The van der Waals surface area contributed by atoms with Gasteiger partial charge in [-0.25, -0.2) is 4.98 Å². The Morgan fingerprint density at radius 1 is 1.16 bits per heavy atom. The Balaban J connectivity index is 1.55. The fraction of sp³-hybridized carbons (Fsp3) is 0.684. The van der Waals surface area contributed by atoms with Gasteiger partial charge in [-0.3, -0.25) is 4.79 Å². The maximum Gasteiger partial charge on any atom is 0.274 e. The first-order valence-corrected chi connectivity index (χ1v) is 9.32. The third-order valence-corrected chi connectivity index (χ3v) is 6.70. The summed E-state index contributed by atoms with van der Waals surface area (Å²) in [6.45, 7) is 0. The maximum atomic E-state index is 12.7. The maximum absolute atomic E-state index is 12.7. The van der Waals surface area contributed by atoms with E-state index < -0.39 is 12.0 Å². The van der Waals surface area contributed by atoms with Crippen molar-refractivity contribution in [3.05, 3.63) is 18.0 Å². The lowest BCUT2D eigenvalue weighted by molar-refractivity contribution is -0.112. The summed E-state index contributed by atoms with van der Waals surface area (Å²) in [5, 5.41) is 24.0. The molecule has 2 bridgehead atoms. The van der Waals surface area contributed by atoms with Gasteiger partial charge in [0.25, 0.3) is 5.91 Å². The Labute approximate surface area is 147 Å². The van der Waals surface area contributed by atoms with Crippen LogP contribution in [0.5, 0.6) is 11.5 Å². The van der Waals surface area contributed by atoms with Crippen LogP contribution in [0.25, 0.3) is 0 Å². The van der Waals surface area contributed by atoms with E-state index in [0.717, 1.165) is 12.8 Å². The van der Waals surface area contributed by atoms with Gasteiger partial charge in [-0.2, -0.15) is 0 Å². The van der Waals surface area contributed by atoms with E-state index in [1.807, 2.05) is 0 Å². The van der Waals surface area contributed by atoms with Crippen molar-refractivity contribution in [2.24, 2.45) is 23.7 Å². The normalized spacial score (nSPS) is 36.6. The van der Waals surface area contributed by atoms with Crippen molar-refractivity contribution >= 4 is 5.91 Å². The number of carbonyl (C=O) groups is 1. The van der Waals surface area contributed by atoms with E-state index in [1.54, 1.807) is 0 Å². The molecule has 6 nitrogen and oxygen atoms in total. The van der Waals surface area contributed by atoms with Crippen LogP contribution in [0.3, 0.4) is 0 Å². The second kappa shape index (κ2) is 6.48. The number of aliphatic hydroxyl groups is 1. The average Bonchev–Trinajstić information content (AvgIpc) is 2.64. The van der Waals surface area contributed by atoms with E-state index in [1.165, 1.54) is 45.1 Å². The molecule has 4 aliphatic rings. The molecule has 0 aliphatic heterocycles. The molecule has 0 radical (unpaired) electrons. The summed E-state index contributed by atoms with van der Waals surface area (Å²) in [5.74, 6) is 1.34. The van der Waals surface area contributed by atoms with Crippen LogP contribution in [0.1, 0.15) is 49.0 Å². The Kier molecular flexibility index (Phi) is 4.31. The number of fused-ring (bicyclic) bond motifs is 2. The molecule has 6 heteroatoms. The van der Waals surface area contributed by atoms with Crippen LogP contribution >= 0.6 is 0 Å². The zero-order valence-corrected chi connectivity index (χ0v) is 14.5. The minimum absolute atomic E-state index is 0.0480. The number of aromatic nitrogens is 1. The Morgan fingerprint density at radius 2 is 1.84 bits per heavy atom. The fourth-order valence-corrected chi connectivity index (χ4v) is 5.63. The number of ether oxygens (including phenoxy) is 1. The zero-order valence-electron chi connectivity index (χ0n) is 14.5. The number of methoxy groups -OCH3 is 1. The summed E-state index contributed by atoms with van der Waals surface area (Å²) >= 11 is 0. The van der Waals surface area contributed by atoms with Crippen molar-refractivity contribution in [3.8, 4) is 11.5 Å². The molecule has 2 unspecified atom stereocenters. The first-order chi connectivity index (χ1) is 12.1. The van der Waals surface area contributed by atoms with E-state index >= 15 is 0 Å². The van der Waals surface area contributed by atoms with Crippen molar-refractivity contribution in [3.63, 3.8) is 0 Å². The number of pyridine rings is 1. The predicted octanol–water partition coefficient (Wildman–Crippen LogP) is 2.10. The molecule has 1 heterocycles. The Morgan fingerprint density at radius 3 is 2.56 bits per heavy atom. The zero-order chi connectivity index (χ0) is 17.6. The average molecular weight is 346 g/mol.